The normalized spacial score (nSPS) is 23.3. The van der Waals surface area contributed by atoms with Crippen molar-refractivity contribution < 1.29 is 28.2 Å². The molecule has 3 atom stereocenters. The number of fused-ring (bicyclic) bond motifs is 4. The summed E-state index contributed by atoms with van der Waals surface area (Å²) in [7, 11) is 3.50. The van der Waals surface area contributed by atoms with E-state index < -0.39 is 30.0 Å². The van der Waals surface area contributed by atoms with Gasteiger partial charge in [-0.2, -0.15) is 10.1 Å². The molecule has 5 aromatic rings. The molecule has 0 bridgehead atoms. The van der Waals surface area contributed by atoms with Crippen molar-refractivity contribution in [2.45, 2.75) is 62.4 Å². The highest BCUT2D eigenvalue weighted by Crippen LogP contribution is 2.46. The third kappa shape index (κ3) is 7.69. The number of para-hydroxylation sites is 1. The Bertz CT molecular complexity index is 2680. The van der Waals surface area contributed by atoms with Gasteiger partial charge in [0.15, 0.2) is 12.4 Å². The second kappa shape index (κ2) is 16.2. The zero-order valence-electron chi connectivity index (χ0n) is 35.1. The molecule has 5 aliphatic rings. The van der Waals surface area contributed by atoms with E-state index in [-0.39, 0.29) is 46.8 Å². The van der Waals surface area contributed by atoms with Crippen LogP contribution in [-0.2, 0) is 23.7 Å². The number of carbonyl (C=O) groups excluding carboxylic acids is 2. The maximum absolute atomic E-state index is 15.2. The number of carbonyl (C=O) groups is 2. The van der Waals surface area contributed by atoms with Crippen LogP contribution in [0.1, 0.15) is 50.1 Å². The SMILES string of the molecule is Cn1nc(C2CCC(=O)NC2=O)c2cccc(N3CCC(CN4CCN(c5ncc(Cl)c(Nc6ccc7c(c6)c6c(c(=O)n7C)OCC(F)(F)[C@H](C7CC7)N6)n5)C[C@H]4CO)CC3)c21. The number of aliphatic hydroxyl groups is 1. The van der Waals surface area contributed by atoms with Crippen molar-refractivity contribution in [3.05, 3.63) is 63.7 Å². The van der Waals surface area contributed by atoms with Crippen LogP contribution in [0.15, 0.2) is 47.4 Å². The van der Waals surface area contributed by atoms with Gasteiger partial charge in [-0.25, -0.2) is 13.8 Å². The van der Waals surface area contributed by atoms with Gasteiger partial charge in [-0.05, 0) is 68.2 Å². The summed E-state index contributed by atoms with van der Waals surface area (Å²) >= 11 is 6.65. The molecule has 4 aliphatic heterocycles. The van der Waals surface area contributed by atoms with Gasteiger partial charge in [-0.1, -0.05) is 23.7 Å². The minimum atomic E-state index is -3.15. The van der Waals surface area contributed by atoms with Gasteiger partial charge in [0, 0.05) is 76.2 Å². The molecule has 10 rings (SSSR count). The number of aliphatic hydroxyl groups excluding tert-OH is 1. The van der Waals surface area contributed by atoms with E-state index >= 15 is 8.78 Å². The first-order chi connectivity index (χ1) is 30.4. The lowest BCUT2D eigenvalue weighted by Gasteiger charge is -2.43. The van der Waals surface area contributed by atoms with Gasteiger partial charge in [0.05, 0.1) is 58.9 Å². The number of nitrogens with one attached hydrogen (secondary N) is 3. The lowest BCUT2D eigenvalue weighted by Crippen LogP contribution is -2.56. The molecule has 3 aromatic heterocycles. The van der Waals surface area contributed by atoms with E-state index in [1.54, 1.807) is 25.2 Å². The Balaban J connectivity index is 0.802. The molecule has 63 heavy (non-hydrogen) atoms. The number of piperazine rings is 1. The summed E-state index contributed by atoms with van der Waals surface area (Å²) in [4.78, 5) is 54.0. The van der Waals surface area contributed by atoms with Crippen LogP contribution in [-0.4, -0.2) is 117 Å². The van der Waals surface area contributed by atoms with Crippen molar-refractivity contribution in [3.8, 4) is 5.75 Å². The van der Waals surface area contributed by atoms with Crippen molar-refractivity contribution in [1.82, 2.24) is 34.5 Å². The highest BCUT2D eigenvalue weighted by atomic mass is 35.5. The summed E-state index contributed by atoms with van der Waals surface area (Å²) in [6.07, 6.45) is 5.62. The molecule has 16 nitrogen and oxygen atoms in total. The maximum atomic E-state index is 15.2. The molecule has 0 spiro atoms. The fourth-order valence-electron chi connectivity index (χ4n) is 10.0. The lowest BCUT2D eigenvalue weighted by molar-refractivity contribution is -0.134. The highest BCUT2D eigenvalue weighted by Gasteiger charge is 2.51. The van der Waals surface area contributed by atoms with Crippen LogP contribution in [0.2, 0.25) is 5.02 Å². The van der Waals surface area contributed by atoms with Crippen LogP contribution in [0.5, 0.6) is 5.75 Å². The third-order valence-electron chi connectivity index (χ3n) is 13.6. The van der Waals surface area contributed by atoms with Crippen LogP contribution >= 0.6 is 11.6 Å². The molecule has 4 fully saturated rings. The average molecular weight is 886 g/mol. The van der Waals surface area contributed by atoms with Crippen LogP contribution < -0.4 is 36.0 Å². The summed E-state index contributed by atoms with van der Waals surface area (Å²) in [5.74, 6) is -3.22. The second-order valence-electron chi connectivity index (χ2n) is 17.7. The van der Waals surface area contributed by atoms with E-state index in [1.165, 1.54) is 10.8 Å². The third-order valence-corrected chi connectivity index (χ3v) is 13.9. The summed E-state index contributed by atoms with van der Waals surface area (Å²) in [6.45, 7) is 3.54. The van der Waals surface area contributed by atoms with E-state index in [1.807, 2.05) is 23.9 Å². The number of aromatic nitrogens is 5. The number of hydrogen-bond acceptors (Lipinski definition) is 13. The number of halogens is 3. The minimum Gasteiger partial charge on any atom is -0.480 e. The van der Waals surface area contributed by atoms with Gasteiger partial charge in [0.25, 0.3) is 5.56 Å². The number of pyridine rings is 1. The molecule has 19 heteroatoms. The molecule has 1 saturated carbocycles. The molecule has 2 amide bonds. The lowest BCUT2D eigenvalue weighted by atomic mass is 9.92. The number of nitrogens with zero attached hydrogens (tertiary/aromatic N) is 8. The Morgan fingerprint density at radius 3 is 2.57 bits per heavy atom. The predicted molar refractivity (Wildman–Crippen MR) is 236 cm³/mol. The van der Waals surface area contributed by atoms with E-state index in [0.717, 1.165) is 49.1 Å². The van der Waals surface area contributed by atoms with E-state index in [9.17, 15) is 19.5 Å². The quantitative estimate of drug-likeness (QED) is 0.150. The number of imide groups is 1. The fraction of sp³-hybridized carbons (Fsp3) is 0.500. The number of aryl methyl sites for hydroxylation is 2. The number of hydrogen-bond donors (Lipinski definition) is 4. The maximum Gasteiger partial charge on any atom is 0.301 e. The van der Waals surface area contributed by atoms with Gasteiger partial charge in [0.2, 0.25) is 23.5 Å². The minimum absolute atomic E-state index is 0.0265. The molecular formula is C44H50ClF2N11O5. The van der Waals surface area contributed by atoms with Gasteiger partial charge >= 0.3 is 5.92 Å². The molecule has 0 radical (unpaired) electrons. The van der Waals surface area contributed by atoms with Crippen LogP contribution in [0, 0.1) is 11.8 Å². The van der Waals surface area contributed by atoms with Gasteiger partial charge < -0.3 is 34.8 Å². The Kier molecular flexibility index (Phi) is 10.6. The largest absolute Gasteiger partial charge is 0.480 e. The van der Waals surface area contributed by atoms with Crippen molar-refractivity contribution >= 4 is 74.0 Å². The van der Waals surface area contributed by atoms with Crippen LogP contribution in [0.25, 0.3) is 21.8 Å². The van der Waals surface area contributed by atoms with Crippen molar-refractivity contribution in [3.63, 3.8) is 0 Å². The van der Waals surface area contributed by atoms with Crippen LogP contribution in [0.3, 0.4) is 0 Å². The monoisotopic (exact) mass is 885 g/mol. The zero-order chi connectivity index (χ0) is 43.7. The Hall–Kier alpha value is -5.59. The number of ether oxygens (including phenoxy) is 1. The molecule has 3 saturated heterocycles. The van der Waals surface area contributed by atoms with Crippen molar-refractivity contribution in [2.75, 3.05) is 72.9 Å². The summed E-state index contributed by atoms with van der Waals surface area (Å²) < 4.78 is 39.2. The first-order valence-electron chi connectivity index (χ1n) is 21.7. The summed E-state index contributed by atoms with van der Waals surface area (Å²) in [5.41, 5.74) is 3.67. The molecule has 4 N–H and O–H groups in total. The molecule has 332 valence electrons. The topological polar surface area (TPSA) is 175 Å². The zero-order valence-corrected chi connectivity index (χ0v) is 35.9. The predicted octanol–water partition coefficient (Wildman–Crippen LogP) is 4.75. The Labute approximate surface area is 366 Å². The second-order valence-corrected chi connectivity index (χ2v) is 18.1. The molecule has 1 unspecified atom stereocenters. The fourth-order valence-corrected chi connectivity index (χ4v) is 10.1. The standard InChI is InChI=1S/C44H50ClF2N11O5/c1-54-32-10-8-26(18-30(32)36-38(42(54)62)63-23-44(46,47)39(51-36)25-6-7-25)49-40-31(45)19-48-43(52-40)58-17-16-57(27(21-58)22-59)20-24-12-14-56(15-13-24)33-5-3-4-28-35(53-55(2)37(28)33)29-9-11-34(60)50-41(29)61/h3-5,8,10,18-19,24-25,27,29,39,51,59H,6-7,9,11-17,20-23H2,1-2H3,(H,48,49,52)(H,50,60,61)/t27-,29?,39-/m0/s1. The van der Waals surface area contributed by atoms with Gasteiger partial charge in [-0.15, -0.1) is 0 Å². The van der Waals surface area contributed by atoms with Gasteiger partial charge in [0.1, 0.15) is 5.02 Å². The number of amides is 2. The highest BCUT2D eigenvalue weighted by molar-refractivity contribution is 6.33. The number of alkyl halides is 2. The van der Waals surface area contributed by atoms with Gasteiger partial charge in [-0.3, -0.25) is 29.3 Å². The molecule has 1 aliphatic carbocycles. The Morgan fingerprint density at radius 1 is 1.00 bits per heavy atom. The smallest absolute Gasteiger partial charge is 0.301 e. The molecular weight excluding hydrogens is 836 g/mol. The number of benzene rings is 2. The van der Waals surface area contributed by atoms with E-state index in [4.69, 9.17) is 26.4 Å². The van der Waals surface area contributed by atoms with Crippen molar-refractivity contribution in [1.29, 1.82) is 0 Å². The average Bonchev–Trinajstić information content (AvgIpc) is 4.08. The number of anilines is 5. The summed E-state index contributed by atoms with van der Waals surface area (Å²) in [6, 6.07) is 10.2. The van der Waals surface area contributed by atoms with E-state index in [0.29, 0.717) is 85.3 Å². The first-order valence-corrected chi connectivity index (χ1v) is 22.1. The number of piperidine rings is 2. The molecule has 7 heterocycles. The Morgan fingerprint density at radius 2 is 1.81 bits per heavy atom. The number of rotatable bonds is 9. The van der Waals surface area contributed by atoms with E-state index in [2.05, 4.69) is 41.7 Å². The first kappa shape index (κ1) is 41.4. The molecule has 2 aromatic carbocycles. The summed E-state index contributed by atoms with van der Waals surface area (Å²) in [5, 5.41) is 25.9. The van der Waals surface area contributed by atoms with Crippen LogP contribution in [0.4, 0.5) is 37.6 Å². The van der Waals surface area contributed by atoms with Crippen molar-refractivity contribution in [2.24, 2.45) is 25.9 Å².